The summed E-state index contributed by atoms with van der Waals surface area (Å²) < 4.78 is 23.0. The maximum atomic E-state index is 11.3. The third-order valence-electron chi connectivity index (χ3n) is 2.49. The molecule has 0 amide bonds. The molecule has 0 aromatic carbocycles. The summed E-state index contributed by atoms with van der Waals surface area (Å²) in [4.78, 5) is 7.11. The third-order valence-corrected chi connectivity index (χ3v) is 5.38. The Hall–Kier alpha value is -0.350. The van der Waals surface area contributed by atoms with Gasteiger partial charge in [-0.1, -0.05) is 0 Å². The molecule has 0 unspecified atom stereocenters. The highest BCUT2D eigenvalue weighted by molar-refractivity contribution is 14.0. The molecule has 1 heterocycles. The summed E-state index contributed by atoms with van der Waals surface area (Å²) in [6, 6.07) is 3.39. The van der Waals surface area contributed by atoms with Crippen LogP contribution in [0.5, 0.6) is 0 Å². The molecule has 2 N–H and O–H groups in total. The lowest BCUT2D eigenvalue weighted by Gasteiger charge is -2.19. The number of nitrogens with zero attached hydrogens (tertiary/aromatic N) is 2. The van der Waals surface area contributed by atoms with Gasteiger partial charge in [0, 0.05) is 24.2 Å². The first kappa shape index (κ1) is 18.7. The van der Waals surface area contributed by atoms with Crippen molar-refractivity contribution in [2.75, 3.05) is 19.3 Å². The van der Waals surface area contributed by atoms with E-state index >= 15 is 0 Å². The highest BCUT2D eigenvalue weighted by atomic mass is 127. The molecule has 0 aliphatic heterocycles. The van der Waals surface area contributed by atoms with Gasteiger partial charge in [0.1, 0.15) is 4.21 Å². The van der Waals surface area contributed by atoms with Crippen LogP contribution in [0.3, 0.4) is 0 Å². The van der Waals surface area contributed by atoms with Crippen molar-refractivity contribution in [2.45, 2.75) is 24.6 Å². The molecule has 1 rings (SSSR count). The summed E-state index contributed by atoms with van der Waals surface area (Å²) in [7, 11) is -3.12. The van der Waals surface area contributed by atoms with Crippen LogP contribution in [-0.2, 0) is 16.4 Å². The van der Waals surface area contributed by atoms with Crippen LogP contribution in [0, 0.1) is 0 Å². The van der Waals surface area contributed by atoms with Crippen LogP contribution >= 0.6 is 35.3 Å². The Morgan fingerprint density at radius 1 is 1.37 bits per heavy atom. The van der Waals surface area contributed by atoms with Gasteiger partial charge in [0.05, 0.1) is 6.54 Å². The van der Waals surface area contributed by atoms with Crippen LogP contribution in [0.4, 0.5) is 0 Å². The first-order valence-corrected chi connectivity index (χ1v) is 8.42. The van der Waals surface area contributed by atoms with Gasteiger partial charge in [-0.15, -0.1) is 35.3 Å². The number of guanidine groups is 1. The molecule has 19 heavy (non-hydrogen) atoms. The van der Waals surface area contributed by atoms with E-state index in [1.807, 2.05) is 18.7 Å². The number of hydrogen-bond donors (Lipinski definition) is 1. The average Bonchev–Trinajstić information content (AvgIpc) is 2.76. The average molecular weight is 417 g/mol. The van der Waals surface area contributed by atoms with Crippen LogP contribution in [0.15, 0.2) is 21.3 Å². The first-order chi connectivity index (χ1) is 8.38. The summed E-state index contributed by atoms with van der Waals surface area (Å²) in [5, 5.41) is 0. The summed E-state index contributed by atoms with van der Waals surface area (Å²) >= 11 is 1.24. The number of nitrogens with two attached hydrogens (primary N) is 1. The minimum Gasteiger partial charge on any atom is -0.370 e. The second kappa shape index (κ2) is 8.05. The summed E-state index contributed by atoms with van der Waals surface area (Å²) in [6.07, 6.45) is 1.20. The van der Waals surface area contributed by atoms with E-state index in [0.29, 0.717) is 16.7 Å². The lowest BCUT2D eigenvalue weighted by Crippen LogP contribution is -2.36. The fraction of sp³-hybridized carbons (Fsp3) is 0.545. The molecule has 0 saturated heterocycles. The first-order valence-electron chi connectivity index (χ1n) is 5.72. The van der Waals surface area contributed by atoms with E-state index in [4.69, 9.17) is 5.73 Å². The molecule has 5 nitrogen and oxygen atoms in total. The molecular weight excluding hydrogens is 397 g/mol. The van der Waals surface area contributed by atoms with Gasteiger partial charge >= 0.3 is 0 Å². The Kier molecular flexibility index (Phi) is 7.90. The Labute approximate surface area is 135 Å². The zero-order valence-electron chi connectivity index (χ0n) is 11.3. The van der Waals surface area contributed by atoms with Crippen molar-refractivity contribution in [3.05, 3.63) is 17.0 Å². The van der Waals surface area contributed by atoms with E-state index in [-0.39, 0.29) is 24.0 Å². The van der Waals surface area contributed by atoms with Crippen molar-refractivity contribution in [2.24, 2.45) is 10.7 Å². The van der Waals surface area contributed by atoms with E-state index in [2.05, 4.69) is 4.99 Å². The number of rotatable bonds is 5. The molecule has 0 saturated carbocycles. The molecule has 8 heteroatoms. The second-order valence-electron chi connectivity index (χ2n) is 3.84. The van der Waals surface area contributed by atoms with Crippen molar-refractivity contribution in [3.8, 4) is 0 Å². The molecule has 0 aliphatic rings. The predicted octanol–water partition coefficient (Wildman–Crippen LogP) is 1.93. The van der Waals surface area contributed by atoms with Gasteiger partial charge in [-0.05, 0) is 26.0 Å². The van der Waals surface area contributed by atoms with Crippen LogP contribution in [0.1, 0.15) is 18.7 Å². The fourth-order valence-electron chi connectivity index (χ4n) is 1.45. The number of thiophene rings is 1. The lowest BCUT2D eigenvalue weighted by molar-refractivity contribution is 0.458. The quantitative estimate of drug-likeness (QED) is 0.451. The largest absolute Gasteiger partial charge is 0.370 e. The molecule has 1 aromatic rings. The van der Waals surface area contributed by atoms with Crippen LogP contribution < -0.4 is 5.73 Å². The second-order valence-corrected chi connectivity index (χ2v) is 7.25. The topological polar surface area (TPSA) is 75.8 Å². The zero-order chi connectivity index (χ0) is 13.8. The van der Waals surface area contributed by atoms with Crippen molar-refractivity contribution < 1.29 is 8.42 Å². The SMILES string of the molecule is CCN(CC)C(N)=NCc1ccc(S(C)(=O)=O)s1.I. The minimum atomic E-state index is -3.12. The zero-order valence-corrected chi connectivity index (χ0v) is 15.3. The summed E-state index contributed by atoms with van der Waals surface area (Å²) in [6.45, 7) is 6.07. The van der Waals surface area contributed by atoms with Gasteiger partial charge in [0.2, 0.25) is 0 Å². The molecule has 110 valence electrons. The van der Waals surface area contributed by atoms with Crippen LogP contribution in [0.2, 0.25) is 0 Å². The Morgan fingerprint density at radius 2 is 1.95 bits per heavy atom. The number of aliphatic imine (C=N–C) groups is 1. The smallest absolute Gasteiger partial charge is 0.191 e. The maximum absolute atomic E-state index is 11.3. The molecule has 0 aliphatic carbocycles. The van der Waals surface area contributed by atoms with Crippen molar-refractivity contribution in [1.29, 1.82) is 0 Å². The molecular formula is C11H20IN3O2S2. The Morgan fingerprint density at radius 3 is 2.37 bits per heavy atom. The summed E-state index contributed by atoms with van der Waals surface area (Å²) in [5.74, 6) is 0.495. The van der Waals surface area contributed by atoms with Gasteiger partial charge in [0.15, 0.2) is 15.8 Å². The van der Waals surface area contributed by atoms with E-state index in [0.717, 1.165) is 18.0 Å². The normalized spacial score (nSPS) is 12.1. The van der Waals surface area contributed by atoms with Gasteiger partial charge in [-0.25, -0.2) is 13.4 Å². The molecule has 0 bridgehead atoms. The Bertz CT molecular complexity index is 522. The highest BCUT2D eigenvalue weighted by Crippen LogP contribution is 2.21. The molecule has 1 aromatic heterocycles. The number of hydrogen-bond acceptors (Lipinski definition) is 4. The van der Waals surface area contributed by atoms with Gasteiger partial charge in [0.25, 0.3) is 0 Å². The van der Waals surface area contributed by atoms with Crippen molar-refractivity contribution in [3.63, 3.8) is 0 Å². The summed E-state index contributed by atoms with van der Waals surface area (Å²) in [5.41, 5.74) is 5.84. The standard InChI is InChI=1S/C11H19N3O2S2.HI/c1-4-14(5-2)11(12)13-8-9-6-7-10(17-9)18(3,15)16;/h6-7H,4-5,8H2,1-3H3,(H2,12,13);1H. The van der Waals surface area contributed by atoms with Crippen molar-refractivity contribution >= 4 is 51.1 Å². The van der Waals surface area contributed by atoms with Gasteiger partial charge in [-0.3, -0.25) is 0 Å². The fourth-order valence-corrected chi connectivity index (χ4v) is 3.35. The predicted molar refractivity (Wildman–Crippen MR) is 91.1 cm³/mol. The van der Waals surface area contributed by atoms with Gasteiger partial charge in [-0.2, -0.15) is 0 Å². The molecule has 0 atom stereocenters. The van der Waals surface area contributed by atoms with Crippen molar-refractivity contribution in [1.82, 2.24) is 4.90 Å². The monoisotopic (exact) mass is 417 g/mol. The van der Waals surface area contributed by atoms with E-state index in [1.54, 1.807) is 12.1 Å². The third kappa shape index (κ3) is 5.65. The highest BCUT2D eigenvalue weighted by Gasteiger charge is 2.10. The maximum Gasteiger partial charge on any atom is 0.191 e. The van der Waals surface area contributed by atoms with Crippen LogP contribution in [0.25, 0.3) is 0 Å². The number of halogens is 1. The van der Waals surface area contributed by atoms with E-state index in [1.165, 1.54) is 17.6 Å². The molecule has 0 spiro atoms. The molecule has 0 radical (unpaired) electrons. The minimum absolute atomic E-state index is 0. The lowest BCUT2D eigenvalue weighted by atomic mass is 10.5. The number of sulfone groups is 1. The van der Waals surface area contributed by atoms with Crippen LogP contribution in [-0.4, -0.2) is 38.6 Å². The van der Waals surface area contributed by atoms with Gasteiger partial charge < -0.3 is 10.6 Å². The van der Waals surface area contributed by atoms with E-state index in [9.17, 15) is 8.42 Å². The van der Waals surface area contributed by atoms with E-state index < -0.39 is 9.84 Å². The molecule has 0 fully saturated rings. The Balaban J connectivity index is 0.00000324.